The molecular weight excluding hydrogens is 280 g/mol. The summed E-state index contributed by atoms with van der Waals surface area (Å²) in [6.45, 7) is -4.05. The number of nitrogens with two attached hydrogens (primary N) is 1. The maximum atomic E-state index is 12.4. The highest BCUT2D eigenvalue weighted by Crippen LogP contribution is 2.22. The highest BCUT2D eigenvalue weighted by atomic mass is 19.3. The predicted molar refractivity (Wildman–Crippen MR) is 64.0 cm³/mol. The minimum absolute atomic E-state index is 0.0175. The Kier molecular flexibility index (Phi) is 6.23. The Morgan fingerprint density at radius 2 is 1.90 bits per heavy atom. The molecule has 112 valence electrons. The fraction of sp³-hybridized carbons (Fsp3) is 0.417. The average Bonchev–Trinajstić information content (AvgIpc) is 2.37. The lowest BCUT2D eigenvalue weighted by molar-refractivity contribution is -0.0503. The molecule has 0 radical (unpaired) electrons. The SMILES string of the molecule is NCCN(CC(F)F)C(=O)c1ccccc1OC(F)F. The zero-order valence-electron chi connectivity index (χ0n) is 10.4. The van der Waals surface area contributed by atoms with Gasteiger partial charge in [0, 0.05) is 13.1 Å². The number of hydrogen-bond donors (Lipinski definition) is 1. The summed E-state index contributed by atoms with van der Waals surface area (Å²) in [5.41, 5.74) is 5.04. The first-order chi connectivity index (χ1) is 9.45. The van der Waals surface area contributed by atoms with Gasteiger partial charge in [-0.05, 0) is 12.1 Å². The minimum atomic E-state index is -3.11. The average molecular weight is 294 g/mol. The molecule has 8 heteroatoms. The highest BCUT2D eigenvalue weighted by molar-refractivity contribution is 5.97. The van der Waals surface area contributed by atoms with Crippen molar-refractivity contribution in [2.45, 2.75) is 13.0 Å². The molecule has 0 aliphatic heterocycles. The summed E-state index contributed by atoms with van der Waals surface area (Å²) in [5, 5.41) is 0. The van der Waals surface area contributed by atoms with Gasteiger partial charge in [0.2, 0.25) is 0 Å². The second-order valence-electron chi connectivity index (χ2n) is 3.81. The van der Waals surface area contributed by atoms with Gasteiger partial charge in [-0.1, -0.05) is 12.1 Å². The van der Waals surface area contributed by atoms with E-state index < -0.39 is 25.5 Å². The normalized spacial score (nSPS) is 10.9. The molecule has 0 fully saturated rings. The van der Waals surface area contributed by atoms with Crippen LogP contribution in [0.5, 0.6) is 5.75 Å². The zero-order valence-corrected chi connectivity index (χ0v) is 10.4. The number of hydrogen-bond acceptors (Lipinski definition) is 3. The zero-order chi connectivity index (χ0) is 15.1. The van der Waals surface area contributed by atoms with E-state index >= 15 is 0 Å². The number of nitrogens with zero attached hydrogens (tertiary/aromatic N) is 1. The largest absolute Gasteiger partial charge is 0.434 e. The van der Waals surface area contributed by atoms with Crippen LogP contribution < -0.4 is 10.5 Å². The van der Waals surface area contributed by atoms with Crippen LogP contribution in [-0.4, -0.2) is 43.5 Å². The fourth-order valence-corrected chi connectivity index (χ4v) is 1.61. The number of ether oxygens (including phenoxy) is 1. The molecule has 0 saturated heterocycles. The number of para-hydroxylation sites is 1. The van der Waals surface area contributed by atoms with Crippen molar-refractivity contribution in [3.05, 3.63) is 29.8 Å². The molecule has 1 amide bonds. The van der Waals surface area contributed by atoms with E-state index in [2.05, 4.69) is 4.74 Å². The summed E-state index contributed by atoms with van der Waals surface area (Å²) in [6, 6.07) is 5.22. The Balaban J connectivity index is 2.98. The van der Waals surface area contributed by atoms with Crippen molar-refractivity contribution in [1.29, 1.82) is 0 Å². The van der Waals surface area contributed by atoms with Crippen molar-refractivity contribution in [1.82, 2.24) is 4.90 Å². The van der Waals surface area contributed by atoms with E-state index in [1.807, 2.05) is 0 Å². The van der Waals surface area contributed by atoms with Gasteiger partial charge in [0.05, 0.1) is 12.1 Å². The van der Waals surface area contributed by atoms with Gasteiger partial charge in [0.25, 0.3) is 12.3 Å². The molecule has 1 rings (SSSR count). The molecule has 1 aromatic rings. The number of amides is 1. The maximum absolute atomic E-state index is 12.4. The van der Waals surface area contributed by atoms with Crippen LogP contribution in [0.1, 0.15) is 10.4 Å². The molecule has 2 N–H and O–H groups in total. The molecule has 20 heavy (non-hydrogen) atoms. The molecule has 0 heterocycles. The Morgan fingerprint density at radius 1 is 1.25 bits per heavy atom. The van der Waals surface area contributed by atoms with E-state index in [4.69, 9.17) is 5.73 Å². The number of carbonyl (C=O) groups is 1. The van der Waals surface area contributed by atoms with Crippen molar-refractivity contribution in [2.75, 3.05) is 19.6 Å². The van der Waals surface area contributed by atoms with Gasteiger partial charge < -0.3 is 15.4 Å². The third-order valence-electron chi connectivity index (χ3n) is 2.38. The molecule has 1 aromatic carbocycles. The lowest BCUT2D eigenvalue weighted by atomic mass is 10.1. The number of halogens is 4. The third kappa shape index (κ3) is 4.69. The Bertz CT molecular complexity index is 443. The van der Waals surface area contributed by atoms with Gasteiger partial charge in [-0.2, -0.15) is 8.78 Å². The van der Waals surface area contributed by atoms with Crippen LogP contribution in [0.2, 0.25) is 0 Å². The topological polar surface area (TPSA) is 55.6 Å². The molecule has 0 atom stereocenters. The van der Waals surface area contributed by atoms with E-state index in [9.17, 15) is 22.4 Å². The second kappa shape index (κ2) is 7.68. The van der Waals surface area contributed by atoms with Crippen LogP contribution in [0.4, 0.5) is 17.6 Å². The van der Waals surface area contributed by atoms with E-state index in [0.717, 1.165) is 4.90 Å². The number of carbonyl (C=O) groups excluding carboxylic acids is 1. The van der Waals surface area contributed by atoms with Crippen molar-refractivity contribution in [3.8, 4) is 5.75 Å². The van der Waals surface area contributed by atoms with Crippen molar-refractivity contribution in [3.63, 3.8) is 0 Å². The van der Waals surface area contributed by atoms with Gasteiger partial charge >= 0.3 is 6.61 Å². The fourth-order valence-electron chi connectivity index (χ4n) is 1.61. The highest BCUT2D eigenvalue weighted by Gasteiger charge is 2.23. The Labute approximate surface area is 113 Å². The van der Waals surface area contributed by atoms with Gasteiger partial charge in [-0.25, -0.2) is 8.78 Å². The van der Waals surface area contributed by atoms with Crippen molar-refractivity contribution < 1.29 is 27.1 Å². The smallest absolute Gasteiger partial charge is 0.387 e. The standard InChI is InChI=1S/C12H14F4N2O2/c13-10(14)7-18(6-5-17)11(19)8-3-1-2-4-9(8)20-12(15)16/h1-4,10,12H,5-7,17H2. The maximum Gasteiger partial charge on any atom is 0.387 e. The van der Waals surface area contributed by atoms with Crippen LogP contribution in [0, 0.1) is 0 Å². The first-order valence-electron chi connectivity index (χ1n) is 5.77. The summed E-state index contributed by atoms with van der Waals surface area (Å²) in [7, 11) is 0. The van der Waals surface area contributed by atoms with Crippen LogP contribution in [-0.2, 0) is 0 Å². The second-order valence-corrected chi connectivity index (χ2v) is 3.81. The van der Waals surface area contributed by atoms with E-state index in [1.165, 1.54) is 24.3 Å². The molecule has 0 aromatic heterocycles. The quantitative estimate of drug-likeness (QED) is 0.782. The summed E-state index contributed by atoms with van der Waals surface area (Å²) in [5.74, 6) is -1.18. The summed E-state index contributed by atoms with van der Waals surface area (Å²) in [6.07, 6.45) is -2.74. The summed E-state index contributed by atoms with van der Waals surface area (Å²) < 4.78 is 53.5. The van der Waals surface area contributed by atoms with Crippen molar-refractivity contribution in [2.24, 2.45) is 5.73 Å². The van der Waals surface area contributed by atoms with Crippen LogP contribution in [0.25, 0.3) is 0 Å². The number of benzene rings is 1. The van der Waals surface area contributed by atoms with Gasteiger partial charge in [-0.3, -0.25) is 4.79 Å². The minimum Gasteiger partial charge on any atom is -0.434 e. The molecule has 0 aliphatic rings. The molecular formula is C12H14F4N2O2. The summed E-state index contributed by atoms with van der Waals surface area (Å²) >= 11 is 0. The van der Waals surface area contributed by atoms with Gasteiger partial charge in [0.15, 0.2) is 0 Å². The van der Waals surface area contributed by atoms with Crippen LogP contribution >= 0.6 is 0 Å². The third-order valence-corrected chi connectivity index (χ3v) is 2.38. The van der Waals surface area contributed by atoms with E-state index in [-0.39, 0.29) is 24.4 Å². The Morgan fingerprint density at radius 3 is 2.45 bits per heavy atom. The number of rotatable bonds is 7. The lowest BCUT2D eigenvalue weighted by Crippen LogP contribution is -2.38. The van der Waals surface area contributed by atoms with E-state index in [1.54, 1.807) is 0 Å². The molecule has 0 aliphatic carbocycles. The van der Waals surface area contributed by atoms with Crippen LogP contribution in [0.15, 0.2) is 24.3 Å². The van der Waals surface area contributed by atoms with Gasteiger partial charge in [-0.15, -0.1) is 0 Å². The number of alkyl halides is 4. The predicted octanol–water partition coefficient (Wildman–Crippen LogP) is 1.95. The molecule has 0 unspecified atom stereocenters. The molecule has 0 saturated carbocycles. The van der Waals surface area contributed by atoms with Crippen molar-refractivity contribution >= 4 is 5.91 Å². The van der Waals surface area contributed by atoms with Crippen LogP contribution in [0.3, 0.4) is 0 Å². The van der Waals surface area contributed by atoms with E-state index in [0.29, 0.717) is 0 Å². The lowest BCUT2D eigenvalue weighted by Gasteiger charge is -2.22. The molecule has 0 bridgehead atoms. The Hall–Kier alpha value is -1.83. The summed E-state index contributed by atoms with van der Waals surface area (Å²) in [4.78, 5) is 12.9. The first kappa shape index (κ1) is 16.2. The molecule has 4 nitrogen and oxygen atoms in total. The van der Waals surface area contributed by atoms with Gasteiger partial charge in [0.1, 0.15) is 5.75 Å². The first-order valence-corrected chi connectivity index (χ1v) is 5.77. The molecule has 0 spiro atoms. The monoisotopic (exact) mass is 294 g/mol.